The highest BCUT2D eigenvalue weighted by Gasteiger charge is 2.39. The van der Waals surface area contributed by atoms with Gasteiger partial charge in [-0.1, -0.05) is 12.1 Å². The van der Waals surface area contributed by atoms with E-state index < -0.39 is 0 Å². The quantitative estimate of drug-likeness (QED) is 0.920. The van der Waals surface area contributed by atoms with Gasteiger partial charge in [-0.3, -0.25) is 4.79 Å². The van der Waals surface area contributed by atoms with Crippen molar-refractivity contribution in [1.82, 2.24) is 15.1 Å². The van der Waals surface area contributed by atoms with Crippen LogP contribution in [0.2, 0.25) is 0 Å². The summed E-state index contributed by atoms with van der Waals surface area (Å²) in [5.74, 6) is -0.0854. The SMILES string of the molecule is CC(C)N1CCC(N[C@H]2CC(=O)N(C)[C@@H]2c2ccc(F)cc2)CC1. The van der Waals surface area contributed by atoms with Crippen LogP contribution in [0.3, 0.4) is 0 Å². The lowest BCUT2D eigenvalue weighted by molar-refractivity contribution is -0.127. The number of carbonyl (C=O) groups excluding carboxylic acids is 1. The number of nitrogens with zero attached hydrogens (tertiary/aromatic N) is 2. The van der Waals surface area contributed by atoms with Gasteiger partial charge in [-0.25, -0.2) is 4.39 Å². The van der Waals surface area contributed by atoms with Gasteiger partial charge in [0.1, 0.15) is 5.82 Å². The van der Waals surface area contributed by atoms with E-state index in [2.05, 4.69) is 24.1 Å². The number of hydrogen-bond acceptors (Lipinski definition) is 3. The average molecular weight is 333 g/mol. The predicted octanol–water partition coefficient (Wildman–Crippen LogP) is 2.56. The van der Waals surface area contributed by atoms with E-state index in [-0.39, 0.29) is 23.8 Å². The van der Waals surface area contributed by atoms with Crippen molar-refractivity contribution in [2.75, 3.05) is 20.1 Å². The summed E-state index contributed by atoms with van der Waals surface area (Å²) in [7, 11) is 1.85. The van der Waals surface area contributed by atoms with Crippen LogP contribution in [-0.2, 0) is 4.79 Å². The van der Waals surface area contributed by atoms with Crippen LogP contribution < -0.4 is 5.32 Å². The van der Waals surface area contributed by atoms with E-state index in [9.17, 15) is 9.18 Å². The molecular weight excluding hydrogens is 305 g/mol. The summed E-state index contributed by atoms with van der Waals surface area (Å²) in [6.07, 6.45) is 2.74. The number of likely N-dealkylation sites (tertiary alicyclic amines) is 2. The van der Waals surface area contributed by atoms with Gasteiger partial charge in [-0.15, -0.1) is 0 Å². The molecule has 1 aromatic rings. The molecule has 2 saturated heterocycles. The molecule has 0 radical (unpaired) electrons. The monoisotopic (exact) mass is 333 g/mol. The molecule has 0 aromatic heterocycles. The number of halogens is 1. The Morgan fingerprint density at radius 2 is 1.79 bits per heavy atom. The van der Waals surface area contributed by atoms with Crippen molar-refractivity contribution in [3.05, 3.63) is 35.6 Å². The molecule has 132 valence electrons. The number of hydrogen-bond donors (Lipinski definition) is 1. The van der Waals surface area contributed by atoms with Crippen molar-refractivity contribution in [2.45, 2.75) is 57.3 Å². The third-order valence-corrected chi connectivity index (χ3v) is 5.51. The Kier molecular flexibility index (Phi) is 5.21. The molecule has 0 bridgehead atoms. The second-order valence-corrected chi connectivity index (χ2v) is 7.38. The first-order chi connectivity index (χ1) is 11.5. The van der Waals surface area contributed by atoms with Gasteiger partial charge >= 0.3 is 0 Å². The largest absolute Gasteiger partial charge is 0.337 e. The second kappa shape index (κ2) is 7.19. The van der Waals surface area contributed by atoms with Crippen LogP contribution in [0.25, 0.3) is 0 Å². The summed E-state index contributed by atoms with van der Waals surface area (Å²) in [4.78, 5) is 16.5. The van der Waals surface area contributed by atoms with Crippen LogP contribution in [0.1, 0.15) is 44.7 Å². The van der Waals surface area contributed by atoms with Gasteiger partial charge in [0.25, 0.3) is 0 Å². The van der Waals surface area contributed by atoms with E-state index in [1.807, 2.05) is 7.05 Å². The first-order valence-corrected chi connectivity index (χ1v) is 8.97. The number of nitrogens with one attached hydrogen (secondary N) is 1. The molecule has 2 fully saturated rings. The minimum atomic E-state index is -0.240. The molecule has 0 spiro atoms. The summed E-state index contributed by atoms with van der Waals surface area (Å²) in [5, 5.41) is 3.72. The summed E-state index contributed by atoms with van der Waals surface area (Å²) < 4.78 is 13.2. The smallest absolute Gasteiger partial charge is 0.224 e. The number of piperidine rings is 1. The normalized spacial score (nSPS) is 26.5. The standard InChI is InChI=1S/C19H28FN3O/c1-13(2)23-10-8-16(9-11-23)21-17-12-18(24)22(3)19(17)14-4-6-15(20)7-5-14/h4-7,13,16-17,19,21H,8-12H2,1-3H3/t17-,19+/m0/s1. The molecule has 24 heavy (non-hydrogen) atoms. The minimum absolute atomic E-state index is 0.0128. The molecule has 4 nitrogen and oxygen atoms in total. The fourth-order valence-corrected chi connectivity index (χ4v) is 4.02. The lowest BCUT2D eigenvalue weighted by Gasteiger charge is -2.37. The number of amides is 1. The summed E-state index contributed by atoms with van der Waals surface area (Å²) in [6, 6.07) is 7.68. The molecule has 1 N–H and O–H groups in total. The van der Waals surface area contributed by atoms with Crippen LogP contribution >= 0.6 is 0 Å². The number of carbonyl (C=O) groups is 1. The van der Waals surface area contributed by atoms with Crippen molar-refractivity contribution in [1.29, 1.82) is 0 Å². The average Bonchev–Trinajstić information content (AvgIpc) is 2.83. The fourth-order valence-electron chi connectivity index (χ4n) is 4.02. The molecule has 3 rings (SSSR count). The molecule has 0 aliphatic carbocycles. The van der Waals surface area contributed by atoms with Gasteiger partial charge < -0.3 is 15.1 Å². The molecular formula is C19H28FN3O. The first-order valence-electron chi connectivity index (χ1n) is 8.97. The van der Waals surface area contributed by atoms with Gasteiger partial charge in [-0.05, 0) is 57.5 Å². The van der Waals surface area contributed by atoms with Gasteiger partial charge in [0, 0.05) is 31.6 Å². The zero-order valence-corrected chi connectivity index (χ0v) is 14.8. The molecule has 1 amide bonds. The number of likely N-dealkylation sites (N-methyl/N-ethyl adjacent to an activating group) is 1. The topological polar surface area (TPSA) is 35.6 Å². The number of rotatable bonds is 4. The second-order valence-electron chi connectivity index (χ2n) is 7.38. The van der Waals surface area contributed by atoms with Crippen molar-refractivity contribution < 1.29 is 9.18 Å². The summed E-state index contributed by atoms with van der Waals surface area (Å²) >= 11 is 0. The molecule has 5 heteroatoms. The maximum atomic E-state index is 13.2. The molecule has 1 aromatic carbocycles. The van der Waals surface area contributed by atoms with Crippen molar-refractivity contribution >= 4 is 5.91 Å². The highest BCUT2D eigenvalue weighted by Crippen LogP contribution is 2.33. The van der Waals surface area contributed by atoms with Gasteiger partial charge in [0.2, 0.25) is 5.91 Å². The van der Waals surface area contributed by atoms with Gasteiger partial charge in [0.05, 0.1) is 6.04 Å². The Hall–Kier alpha value is -1.46. The fraction of sp³-hybridized carbons (Fsp3) is 0.632. The molecule has 2 aliphatic rings. The van der Waals surface area contributed by atoms with E-state index in [1.165, 1.54) is 12.1 Å². The van der Waals surface area contributed by atoms with Crippen LogP contribution in [0.15, 0.2) is 24.3 Å². The first kappa shape index (κ1) is 17.4. The molecule has 2 heterocycles. The summed E-state index contributed by atoms with van der Waals surface area (Å²) in [6.45, 7) is 6.69. The predicted molar refractivity (Wildman–Crippen MR) is 93.2 cm³/mol. The van der Waals surface area contributed by atoms with E-state index in [4.69, 9.17) is 0 Å². The number of benzene rings is 1. The Labute approximate surface area is 144 Å². The highest BCUT2D eigenvalue weighted by atomic mass is 19.1. The lowest BCUT2D eigenvalue weighted by Crippen LogP contribution is -2.49. The third-order valence-electron chi connectivity index (χ3n) is 5.51. The molecule has 0 saturated carbocycles. The Bertz CT molecular complexity index is 566. The lowest BCUT2D eigenvalue weighted by atomic mass is 9.96. The van der Waals surface area contributed by atoms with Gasteiger partial charge in [-0.2, -0.15) is 0 Å². The van der Waals surface area contributed by atoms with Gasteiger partial charge in [0.15, 0.2) is 0 Å². The van der Waals surface area contributed by atoms with E-state index in [0.717, 1.165) is 31.5 Å². The molecule has 2 aliphatic heterocycles. The van der Waals surface area contributed by atoms with Crippen molar-refractivity contribution in [2.24, 2.45) is 0 Å². The molecule has 2 atom stereocenters. The maximum Gasteiger partial charge on any atom is 0.224 e. The Morgan fingerprint density at radius 1 is 1.17 bits per heavy atom. The van der Waals surface area contributed by atoms with Crippen LogP contribution in [0, 0.1) is 5.82 Å². The zero-order chi connectivity index (χ0) is 17.3. The van der Waals surface area contributed by atoms with Crippen molar-refractivity contribution in [3.8, 4) is 0 Å². The third kappa shape index (κ3) is 3.62. The summed E-state index contributed by atoms with van der Waals surface area (Å²) in [5.41, 5.74) is 1.00. The van der Waals surface area contributed by atoms with Crippen LogP contribution in [0.5, 0.6) is 0 Å². The van der Waals surface area contributed by atoms with E-state index in [1.54, 1.807) is 17.0 Å². The zero-order valence-electron chi connectivity index (χ0n) is 14.8. The molecule has 0 unspecified atom stereocenters. The maximum absolute atomic E-state index is 13.2. The van der Waals surface area contributed by atoms with Crippen LogP contribution in [-0.4, -0.2) is 54.0 Å². The van der Waals surface area contributed by atoms with E-state index >= 15 is 0 Å². The van der Waals surface area contributed by atoms with Crippen molar-refractivity contribution in [3.63, 3.8) is 0 Å². The highest BCUT2D eigenvalue weighted by molar-refractivity contribution is 5.80. The Morgan fingerprint density at radius 3 is 2.38 bits per heavy atom. The Balaban J connectivity index is 1.67. The van der Waals surface area contributed by atoms with Crippen LogP contribution in [0.4, 0.5) is 4.39 Å². The minimum Gasteiger partial charge on any atom is -0.337 e. The van der Waals surface area contributed by atoms with E-state index in [0.29, 0.717) is 18.5 Å².